The van der Waals surface area contributed by atoms with Gasteiger partial charge < -0.3 is 9.88 Å². The molecule has 0 spiro atoms. The van der Waals surface area contributed by atoms with Crippen molar-refractivity contribution >= 4 is 10.9 Å². The van der Waals surface area contributed by atoms with Gasteiger partial charge in [-0.05, 0) is 45.4 Å². The van der Waals surface area contributed by atoms with Crippen LogP contribution < -0.4 is 5.32 Å². The summed E-state index contributed by atoms with van der Waals surface area (Å²) in [6.45, 7) is 5.08. The Morgan fingerprint density at radius 1 is 1.39 bits per heavy atom. The molecular weight excluding hydrogens is 227 g/mol. The fourth-order valence-electron chi connectivity index (χ4n) is 3.06. The first-order valence-corrected chi connectivity index (χ1v) is 6.53. The average molecular weight is 246 g/mol. The van der Waals surface area contributed by atoms with Gasteiger partial charge in [0, 0.05) is 29.2 Å². The summed E-state index contributed by atoms with van der Waals surface area (Å²) in [5, 5.41) is 4.17. The molecule has 1 fully saturated rings. The Morgan fingerprint density at radius 3 is 2.83 bits per heavy atom. The quantitative estimate of drug-likeness (QED) is 0.817. The predicted molar refractivity (Wildman–Crippen MR) is 72.2 cm³/mol. The minimum Gasteiger partial charge on any atom is -0.348 e. The largest absolute Gasteiger partial charge is 0.348 e. The van der Waals surface area contributed by atoms with E-state index in [2.05, 4.69) is 12.2 Å². The van der Waals surface area contributed by atoms with E-state index < -0.39 is 0 Å². The lowest BCUT2D eigenvalue weighted by molar-refractivity contribution is 0.413. The fraction of sp³-hybridized carbons (Fsp3) is 0.467. The third-order valence-corrected chi connectivity index (χ3v) is 4.36. The molecule has 0 amide bonds. The highest BCUT2D eigenvalue weighted by Crippen LogP contribution is 2.35. The molecule has 0 saturated carbocycles. The molecule has 2 nitrogen and oxygen atoms in total. The van der Waals surface area contributed by atoms with Gasteiger partial charge in [0.25, 0.3) is 0 Å². The number of rotatable bonds is 1. The van der Waals surface area contributed by atoms with Gasteiger partial charge in [0.2, 0.25) is 0 Å². The lowest BCUT2D eigenvalue weighted by atomic mass is 9.89. The van der Waals surface area contributed by atoms with Gasteiger partial charge in [-0.1, -0.05) is 6.07 Å². The van der Waals surface area contributed by atoms with Crippen molar-refractivity contribution in [2.24, 2.45) is 7.05 Å². The van der Waals surface area contributed by atoms with Crippen LogP contribution >= 0.6 is 0 Å². The summed E-state index contributed by atoms with van der Waals surface area (Å²) < 4.78 is 16.7. The highest BCUT2D eigenvalue weighted by Gasteiger charge is 2.33. The number of benzene rings is 1. The van der Waals surface area contributed by atoms with Crippen LogP contribution in [0.1, 0.15) is 31.0 Å². The van der Waals surface area contributed by atoms with Gasteiger partial charge in [-0.15, -0.1) is 0 Å². The zero-order valence-corrected chi connectivity index (χ0v) is 11.2. The van der Waals surface area contributed by atoms with Gasteiger partial charge in [-0.25, -0.2) is 4.39 Å². The maximum atomic E-state index is 14.7. The molecule has 1 aliphatic rings. The zero-order chi connectivity index (χ0) is 12.9. The van der Waals surface area contributed by atoms with Crippen molar-refractivity contribution in [3.63, 3.8) is 0 Å². The van der Waals surface area contributed by atoms with Crippen LogP contribution in [0.5, 0.6) is 0 Å². The summed E-state index contributed by atoms with van der Waals surface area (Å²) in [5.41, 5.74) is 2.65. The van der Waals surface area contributed by atoms with Crippen LogP contribution in [0.3, 0.4) is 0 Å². The number of hydrogen-bond acceptors (Lipinski definition) is 1. The van der Waals surface area contributed by atoms with Gasteiger partial charge in [-0.2, -0.15) is 0 Å². The Bertz CT molecular complexity index is 606. The first-order chi connectivity index (χ1) is 8.53. The first kappa shape index (κ1) is 11.7. The van der Waals surface area contributed by atoms with Crippen LogP contribution in [0.15, 0.2) is 18.2 Å². The summed E-state index contributed by atoms with van der Waals surface area (Å²) in [4.78, 5) is 0. The number of aromatic nitrogens is 1. The van der Waals surface area contributed by atoms with Crippen molar-refractivity contribution < 1.29 is 4.39 Å². The molecular formula is C15H19FN2. The third kappa shape index (κ3) is 1.50. The van der Waals surface area contributed by atoms with Crippen molar-refractivity contribution in [1.82, 2.24) is 9.88 Å². The molecule has 3 heteroatoms. The Kier molecular flexibility index (Phi) is 2.49. The van der Waals surface area contributed by atoms with Gasteiger partial charge in [-0.3, -0.25) is 0 Å². The highest BCUT2D eigenvalue weighted by molar-refractivity contribution is 5.83. The van der Waals surface area contributed by atoms with Crippen LogP contribution in [0, 0.1) is 12.7 Å². The van der Waals surface area contributed by atoms with Crippen molar-refractivity contribution in [2.45, 2.75) is 32.2 Å². The molecule has 1 atom stereocenters. The SMILES string of the molecule is Cc1cc2c(F)c(C3(C)CCCN3)ccc2n1C. The molecule has 3 rings (SSSR count). The summed E-state index contributed by atoms with van der Waals surface area (Å²) in [5.74, 6) is -0.0619. The Balaban J connectivity index is 2.23. The molecule has 1 aromatic carbocycles. The van der Waals surface area contributed by atoms with Crippen molar-refractivity contribution in [2.75, 3.05) is 6.54 Å². The smallest absolute Gasteiger partial charge is 0.137 e. The maximum absolute atomic E-state index is 14.7. The predicted octanol–water partition coefficient (Wildman–Crippen LogP) is 3.22. The molecule has 1 N–H and O–H groups in total. The van der Waals surface area contributed by atoms with E-state index in [9.17, 15) is 4.39 Å². The summed E-state index contributed by atoms with van der Waals surface area (Å²) >= 11 is 0. The summed E-state index contributed by atoms with van der Waals surface area (Å²) in [6.07, 6.45) is 2.11. The van der Waals surface area contributed by atoms with E-state index >= 15 is 0 Å². The standard InChI is InChI=1S/C15H19FN2/c1-10-9-11-13(18(10)3)6-5-12(14(11)16)15(2)7-4-8-17-15/h5-6,9,17H,4,7-8H2,1-3H3. The zero-order valence-electron chi connectivity index (χ0n) is 11.2. The second-order valence-electron chi connectivity index (χ2n) is 5.57. The van der Waals surface area contributed by atoms with Gasteiger partial charge >= 0.3 is 0 Å². The van der Waals surface area contributed by atoms with Crippen molar-refractivity contribution in [1.29, 1.82) is 0 Å². The molecule has 1 aliphatic heterocycles. The highest BCUT2D eigenvalue weighted by atomic mass is 19.1. The van der Waals surface area contributed by atoms with Crippen LogP contribution in [0.4, 0.5) is 4.39 Å². The van der Waals surface area contributed by atoms with E-state index in [1.807, 2.05) is 36.7 Å². The normalized spacial score (nSPS) is 24.0. The van der Waals surface area contributed by atoms with E-state index in [-0.39, 0.29) is 11.4 Å². The van der Waals surface area contributed by atoms with E-state index in [0.717, 1.165) is 41.5 Å². The lowest BCUT2D eigenvalue weighted by Crippen LogP contribution is -2.34. The van der Waals surface area contributed by atoms with Crippen molar-refractivity contribution in [3.05, 3.63) is 35.3 Å². The molecule has 0 bridgehead atoms. The molecule has 1 unspecified atom stereocenters. The second-order valence-corrected chi connectivity index (χ2v) is 5.57. The monoisotopic (exact) mass is 246 g/mol. The van der Waals surface area contributed by atoms with Crippen molar-refractivity contribution in [3.8, 4) is 0 Å². The Hall–Kier alpha value is -1.35. The average Bonchev–Trinajstić information content (AvgIpc) is 2.88. The molecule has 1 saturated heterocycles. The van der Waals surface area contributed by atoms with Crippen LogP contribution in [-0.4, -0.2) is 11.1 Å². The Labute approximate surface area is 107 Å². The van der Waals surface area contributed by atoms with Crippen LogP contribution in [-0.2, 0) is 12.6 Å². The molecule has 0 aliphatic carbocycles. The minimum absolute atomic E-state index is 0.0619. The maximum Gasteiger partial charge on any atom is 0.137 e. The lowest BCUT2D eigenvalue weighted by Gasteiger charge is -2.25. The third-order valence-electron chi connectivity index (χ3n) is 4.36. The molecule has 18 heavy (non-hydrogen) atoms. The van der Waals surface area contributed by atoms with E-state index in [1.165, 1.54) is 0 Å². The topological polar surface area (TPSA) is 17.0 Å². The number of nitrogens with zero attached hydrogens (tertiary/aromatic N) is 1. The Morgan fingerprint density at radius 2 is 2.17 bits per heavy atom. The van der Waals surface area contributed by atoms with Crippen LogP contribution in [0.2, 0.25) is 0 Å². The number of aryl methyl sites for hydroxylation is 2. The number of nitrogens with one attached hydrogen (secondary N) is 1. The van der Waals surface area contributed by atoms with Gasteiger partial charge in [0.15, 0.2) is 0 Å². The van der Waals surface area contributed by atoms with E-state index in [0.29, 0.717) is 0 Å². The number of halogens is 1. The minimum atomic E-state index is -0.206. The summed E-state index contributed by atoms with van der Waals surface area (Å²) in [6, 6.07) is 5.91. The second kappa shape index (κ2) is 3.82. The molecule has 0 radical (unpaired) electrons. The first-order valence-electron chi connectivity index (χ1n) is 6.53. The van der Waals surface area contributed by atoms with E-state index in [1.54, 1.807) is 0 Å². The summed E-state index contributed by atoms with van der Waals surface area (Å²) in [7, 11) is 1.98. The molecule has 2 aromatic rings. The molecule has 96 valence electrons. The van der Waals surface area contributed by atoms with Gasteiger partial charge in [0.1, 0.15) is 5.82 Å². The molecule has 2 heterocycles. The van der Waals surface area contributed by atoms with Gasteiger partial charge in [0.05, 0.1) is 5.52 Å². The number of hydrogen-bond donors (Lipinski definition) is 1. The number of fused-ring (bicyclic) bond motifs is 1. The van der Waals surface area contributed by atoms with Crippen LogP contribution in [0.25, 0.3) is 10.9 Å². The fourth-order valence-corrected chi connectivity index (χ4v) is 3.06. The molecule has 1 aromatic heterocycles. The van der Waals surface area contributed by atoms with E-state index in [4.69, 9.17) is 0 Å².